The van der Waals surface area contributed by atoms with Crippen LogP contribution in [-0.4, -0.2) is 40.8 Å². The molecule has 0 bridgehead atoms. The van der Waals surface area contributed by atoms with Gasteiger partial charge in [0.25, 0.3) is 0 Å². The molecule has 1 saturated heterocycles. The number of aliphatic hydroxyl groups is 2. The summed E-state index contributed by atoms with van der Waals surface area (Å²) in [6, 6.07) is 8.52. The van der Waals surface area contributed by atoms with E-state index in [-0.39, 0.29) is 51.6 Å². The largest absolute Gasteiger partial charge is 0.394 e. The monoisotopic (exact) mass is 552 g/mol. The van der Waals surface area contributed by atoms with E-state index in [2.05, 4.69) is 11.4 Å². The number of nitrogens with one attached hydrogen (secondary N) is 1. The Balaban J connectivity index is 2.24. The normalized spacial score (nSPS) is 24.6. The van der Waals surface area contributed by atoms with Crippen LogP contribution in [0.25, 0.3) is 0 Å². The van der Waals surface area contributed by atoms with E-state index in [1.807, 2.05) is 20.8 Å². The quantitative estimate of drug-likeness (QED) is 0.371. The van der Waals surface area contributed by atoms with Crippen molar-refractivity contribution in [3.8, 4) is 6.07 Å². The third-order valence-electron chi connectivity index (χ3n) is 6.94. The molecule has 2 aromatic carbocycles. The van der Waals surface area contributed by atoms with Crippen LogP contribution in [-0.2, 0) is 10.2 Å². The molecule has 37 heavy (non-hydrogen) atoms. The summed E-state index contributed by atoms with van der Waals surface area (Å²) in [4.78, 5) is 13.6. The Kier molecular flexibility index (Phi) is 9.36. The maximum Gasteiger partial charge on any atom is 0.150 e. The number of carbonyl (C=O) groups excluding carboxylic acids is 1. The van der Waals surface area contributed by atoms with Gasteiger partial charge in [0.2, 0.25) is 0 Å². The lowest BCUT2D eigenvalue weighted by Gasteiger charge is -2.37. The van der Waals surface area contributed by atoms with Crippen molar-refractivity contribution in [1.82, 2.24) is 5.32 Å². The van der Waals surface area contributed by atoms with Gasteiger partial charge in [-0.1, -0.05) is 50.0 Å². The van der Waals surface area contributed by atoms with Gasteiger partial charge in [-0.05, 0) is 60.6 Å². The van der Waals surface area contributed by atoms with Crippen molar-refractivity contribution in [2.75, 3.05) is 6.61 Å². The molecular formula is C28H32Cl2F2N2O3. The van der Waals surface area contributed by atoms with Crippen LogP contribution in [0.2, 0.25) is 10.0 Å². The molecule has 200 valence electrons. The number of Topliss-reactive ketones (excluding diaryl/α,β-unsaturated/α-hetero) is 1. The van der Waals surface area contributed by atoms with Gasteiger partial charge in [0.15, 0.2) is 0 Å². The smallest absolute Gasteiger partial charge is 0.150 e. The van der Waals surface area contributed by atoms with Gasteiger partial charge in [-0.2, -0.15) is 5.26 Å². The Bertz CT molecular complexity index is 1180. The highest BCUT2D eigenvalue weighted by atomic mass is 35.5. The van der Waals surface area contributed by atoms with E-state index in [4.69, 9.17) is 28.3 Å². The van der Waals surface area contributed by atoms with E-state index in [0.29, 0.717) is 6.42 Å². The van der Waals surface area contributed by atoms with E-state index >= 15 is 8.78 Å². The van der Waals surface area contributed by atoms with E-state index < -0.39 is 47.8 Å². The van der Waals surface area contributed by atoms with Crippen molar-refractivity contribution in [2.24, 2.45) is 5.41 Å². The van der Waals surface area contributed by atoms with E-state index in [1.165, 1.54) is 30.3 Å². The van der Waals surface area contributed by atoms with Crippen LogP contribution < -0.4 is 5.32 Å². The van der Waals surface area contributed by atoms with Crippen LogP contribution in [0.3, 0.4) is 0 Å². The first kappa shape index (κ1) is 29.5. The molecule has 2 aromatic rings. The Labute approximate surface area is 226 Å². The van der Waals surface area contributed by atoms with Crippen molar-refractivity contribution in [2.45, 2.75) is 76.0 Å². The number of halogens is 4. The first-order chi connectivity index (χ1) is 17.3. The molecule has 0 spiro atoms. The van der Waals surface area contributed by atoms with Gasteiger partial charge in [0.1, 0.15) is 22.8 Å². The molecule has 0 unspecified atom stereocenters. The van der Waals surface area contributed by atoms with Crippen LogP contribution >= 0.6 is 23.2 Å². The molecule has 0 radical (unpaired) electrons. The van der Waals surface area contributed by atoms with Gasteiger partial charge in [-0.3, -0.25) is 4.79 Å². The maximum absolute atomic E-state index is 15.5. The molecule has 5 atom stereocenters. The number of nitriles is 1. The summed E-state index contributed by atoms with van der Waals surface area (Å²) in [7, 11) is 0. The minimum Gasteiger partial charge on any atom is -0.394 e. The van der Waals surface area contributed by atoms with Gasteiger partial charge >= 0.3 is 0 Å². The minimum atomic E-state index is -1.67. The van der Waals surface area contributed by atoms with Gasteiger partial charge < -0.3 is 15.5 Å². The zero-order valence-electron chi connectivity index (χ0n) is 21.1. The average Bonchev–Trinajstić information content (AvgIpc) is 3.13. The molecule has 3 N–H and O–H groups in total. The number of nitrogens with zero attached hydrogens (tertiary/aromatic N) is 1. The summed E-state index contributed by atoms with van der Waals surface area (Å²) in [5, 5.41) is 33.2. The minimum absolute atomic E-state index is 0.0141. The Hall–Kier alpha value is -2.08. The highest BCUT2D eigenvalue weighted by Crippen LogP contribution is 2.53. The third-order valence-corrected chi connectivity index (χ3v) is 7.41. The second-order valence-electron chi connectivity index (χ2n) is 10.9. The van der Waals surface area contributed by atoms with Gasteiger partial charge in [0.05, 0.1) is 24.8 Å². The van der Waals surface area contributed by atoms with Gasteiger partial charge in [0, 0.05) is 34.0 Å². The summed E-state index contributed by atoms with van der Waals surface area (Å²) in [6.07, 6.45) is -0.0802. The second-order valence-corrected chi connectivity index (χ2v) is 11.8. The van der Waals surface area contributed by atoms with Crippen molar-refractivity contribution >= 4 is 29.0 Å². The summed E-state index contributed by atoms with van der Waals surface area (Å²) < 4.78 is 31.0. The standard InChI is InChI=1S/C28H32Cl2F2N2O3/c1-27(2,3)13-24-28(15-33,20-9-7-17(30)12-22(20)32)25(19-11-16(29)8-10-21(19)31)26(34-24)23(37)6-4-5-18(36)14-35/h7-12,18,24-26,34-36H,4-6,13-14H2,1-3H3/t18-,24-,25-,26-,28-/m0/s1. The fourth-order valence-corrected chi connectivity index (χ4v) is 5.70. The highest BCUT2D eigenvalue weighted by molar-refractivity contribution is 6.30. The molecule has 1 aliphatic rings. The average molecular weight is 553 g/mol. The fraction of sp³-hybridized carbons (Fsp3) is 0.500. The van der Waals surface area contributed by atoms with E-state index in [9.17, 15) is 15.2 Å². The Morgan fingerprint density at radius 1 is 1.16 bits per heavy atom. The number of ketones is 1. The zero-order valence-corrected chi connectivity index (χ0v) is 22.6. The number of rotatable bonds is 9. The molecule has 0 saturated carbocycles. The molecule has 9 heteroatoms. The van der Waals surface area contributed by atoms with Crippen molar-refractivity contribution < 1.29 is 23.8 Å². The lowest BCUT2D eigenvalue weighted by atomic mass is 9.62. The molecule has 0 amide bonds. The number of carbonyl (C=O) groups is 1. The Morgan fingerprint density at radius 2 is 1.81 bits per heavy atom. The highest BCUT2D eigenvalue weighted by Gasteiger charge is 2.60. The lowest BCUT2D eigenvalue weighted by Crippen LogP contribution is -2.44. The first-order valence-corrected chi connectivity index (χ1v) is 13.0. The topological polar surface area (TPSA) is 93.3 Å². The number of hydrogen-bond acceptors (Lipinski definition) is 5. The maximum atomic E-state index is 15.5. The summed E-state index contributed by atoms with van der Waals surface area (Å²) in [5.41, 5.74) is -1.93. The number of hydrogen-bond donors (Lipinski definition) is 3. The molecule has 3 rings (SSSR count). The first-order valence-electron chi connectivity index (χ1n) is 12.2. The molecule has 0 aliphatic carbocycles. The predicted molar refractivity (Wildman–Crippen MR) is 140 cm³/mol. The second kappa shape index (κ2) is 11.8. The summed E-state index contributed by atoms with van der Waals surface area (Å²) in [6.45, 7) is 5.48. The van der Waals surface area contributed by atoms with Crippen LogP contribution in [0.4, 0.5) is 8.78 Å². The lowest BCUT2D eigenvalue weighted by molar-refractivity contribution is -0.121. The van der Waals surface area contributed by atoms with E-state index in [1.54, 1.807) is 0 Å². The van der Waals surface area contributed by atoms with Crippen molar-refractivity contribution in [1.29, 1.82) is 5.26 Å². The molecule has 1 fully saturated rings. The fourth-order valence-electron chi connectivity index (χ4n) is 5.36. The predicted octanol–water partition coefficient (Wildman–Crippen LogP) is 5.69. The SMILES string of the molecule is CC(C)(C)C[C@@H]1N[C@@H](C(=O)CCC[C@H](O)CO)[C@H](c2cc(Cl)ccc2F)[C@@]1(C#N)c1ccc(Cl)cc1F. The van der Waals surface area contributed by atoms with Crippen LogP contribution in [0.15, 0.2) is 36.4 Å². The molecule has 1 heterocycles. The van der Waals surface area contributed by atoms with E-state index in [0.717, 1.165) is 6.07 Å². The summed E-state index contributed by atoms with van der Waals surface area (Å²) >= 11 is 12.3. The summed E-state index contributed by atoms with van der Waals surface area (Å²) in [5.74, 6) is -2.79. The van der Waals surface area contributed by atoms with Crippen LogP contribution in [0, 0.1) is 28.4 Å². The van der Waals surface area contributed by atoms with Crippen molar-refractivity contribution in [3.63, 3.8) is 0 Å². The Morgan fingerprint density at radius 3 is 2.41 bits per heavy atom. The molecule has 5 nitrogen and oxygen atoms in total. The van der Waals surface area contributed by atoms with Gasteiger partial charge in [-0.15, -0.1) is 0 Å². The number of aliphatic hydroxyl groups excluding tert-OH is 2. The van der Waals surface area contributed by atoms with Crippen LogP contribution in [0.5, 0.6) is 0 Å². The van der Waals surface area contributed by atoms with Crippen molar-refractivity contribution in [3.05, 3.63) is 69.2 Å². The molecular weight excluding hydrogens is 521 g/mol. The molecule has 1 aliphatic heterocycles. The third kappa shape index (κ3) is 6.32. The number of benzene rings is 2. The van der Waals surface area contributed by atoms with Crippen LogP contribution in [0.1, 0.15) is 63.5 Å². The van der Waals surface area contributed by atoms with Gasteiger partial charge in [-0.25, -0.2) is 8.78 Å². The zero-order chi connectivity index (χ0) is 27.5. The molecule has 0 aromatic heterocycles.